The van der Waals surface area contributed by atoms with Crippen molar-refractivity contribution in [2.75, 3.05) is 19.5 Å². The van der Waals surface area contributed by atoms with Crippen LogP contribution in [0.3, 0.4) is 0 Å². The van der Waals surface area contributed by atoms with E-state index in [2.05, 4.69) is 15.5 Å². The van der Waals surface area contributed by atoms with Crippen LogP contribution < -0.4 is 10.1 Å². The quantitative estimate of drug-likeness (QED) is 0.677. The molecule has 0 unspecified atom stereocenters. The first kappa shape index (κ1) is 18.6. The van der Waals surface area contributed by atoms with Crippen LogP contribution in [0.1, 0.15) is 26.4 Å². The zero-order chi connectivity index (χ0) is 20.1. The van der Waals surface area contributed by atoms with E-state index >= 15 is 0 Å². The molecule has 2 heterocycles. The number of amides is 1. The van der Waals surface area contributed by atoms with E-state index in [0.717, 1.165) is 0 Å². The van der Waals surface area contributed by atoms with E-state index in [9.17, 15) is 9.59 Å². The number of esters is 1. The van der Waals surface area contributed by atoms with Crippen LogP contribution in [-0.4, -0.2) is 40.9 Å². The molecule has 0 aliphatic heterocycles. The van der Waals surface area contributed by atoms with Gasteiger partial charge in [-0.1, -0.05) is 0 Å². The number of anilines is 1. The molecule has 0 saturated heterocycles. The summed E-state index contributed by atoms with van der Waals surface area (Å²) < 4.78 is 11.5. The molecule has 0 spiro atoms. The highest BCUT2D eigenvalue weighted by molar-refractivity contribution is 6.07. The fourth-order valence-electron chi connectivity index (χ4n) is 2.42. The van der Waals surface area contributed by atoms with Crippen LogP contribution in [0.2, 0.25) is 0 Å². The van der Waals surface area contributed by atoms with Crippen LogP contribution in [0.15, 0.2) is 48.8 Å². The average Bonchev–Trinajstić information content (AvgIpc) is 3.22. The summed E-state index contributed by atoms with van der Waals surface area (Å²) in [6.07, 6.45) is 3.27. The minimum atomic E-state index is -0.597. The summed E-state index contributed by atoms with van der Waals surface area (Å²) in [4.78, 5) is 24.4. The van der Waals surface area contributed by atoms with Gasteiger partial charge in [-0.15, -0.1) is 10.2 Å². The number of carbonyl (C=O) groups excluding carboxylic acids is 2. The molecule has 9 heteroatoms. The Balaban J connectivity index is 1.83. The number of ether oxygens (including phenoxy) is 2. The molecular weight excluding hydrogens is 362 g/mol. The molecule has 3 aromatic rings. The van der Waals surface area contributed by atoms with Crippen molar-refractivity contribution in [3.8, 4) is 17.6 Å². The van der Waals surface area contributed by atoms with Gasteiger partial charge in [-0.3, -0.25) is 4.79 Å². The van der Waals surface area contributed by atoms with Gasteiger partial charge >= 0.3 is 5.97 Å². The van der Waals surface area contributed by atoms with Gasteiger partial charge in [-0.2, -0.15) is 5.26 Å². The number of rotatable bonds is 5. The second-order valence-electron chi connectivity index (χ2n) is 5.55. The Labute approximate surface area is 160 Å². The summed E-state index contributed by atoms with van der Waals surface area (Å²) in [5.74, 6) is -0.233. The first-order valence-electron chi connectivity index (χ1n) is 8.05. The molecule has 2 aromatic heterocycles. The lowest BCUT2D eigenvalue weighted by atomic mass is 10.1. The summed E-state index contributed by atoms with van der Waals surface area (Å²) in [7, 11) is 2.73. The first-order valence-corrected chi connectivity index (χ1v) is 8.05. The van der Waals surface area contributed by atoms with E-state index in [1.165, 1.54) is 32.4 Å². The third-order valence-electron chi connectivity index (χ3n) is 3.85. The van der Waals surface area contributed by atoms with Crippen LogP contribution in [0.25, 0.3) is 5.82 Å². The highest BCUT2D eigenvalue weighted by atomic mass is 16.5. The topological polar surface area (TPSA) is 119 Å². The number of nitriles is 1. The third kappa shape index (κ3) is 3.81. The van der Waals surface area contributed by atoms with Crippen LogP contribution in [0.5, 0.6) is 5.75 Å². The molecule has 1 amide bonds. The van der Waals surface area contributed by atoms with Crippen molar-refractivity contribution >= 4 is 17.6 Å². The summed E-state index contributed by atoms with van der Waals surface area (Å²) in [6.45, 7) is 0. The summed E-state index contributed by atoms with van der Waals surface area (Å²) in [5, 5.41) is 19.4. The normalized spacial score (nSPS) is 10.0. The third-order valence-corrected chi connectivity index (χ3v) is 3.85. The minimum absolute atomic E-state index is 0.0510. The number of benzene rings is 1. The van der Waals surface area contributed by atoms with Gasteiger partial charge in [0.05, 0.1) is 31.0 Å². The van der Waals surface area contributed by atoms with E-state index in [1.54, 1.807) is 35.2 Å². The predicted octanol–water partition coefficient (Wildman–Crippen LogP) is 2.19. The Bertz CT molecular complexity index is 1070. The zero-order valence-electron chi connectivity index (χ0n) is 15.0. The lowest BCUT2D eigenvalue weighted by Gasteiger charge is -2.11. The monoisotopic (exact) mass is 377 g/mol. The van der Waals surface area contributed by atoms with Gasteiger partial charge in [0.15, 0.2) is 11.5 Å². The number of methoxy groups -OCH3 is 2. The second kappa shape index (κ2) is 8.01. The summed E-state index contributed by atoms with van der Waals surface area (Å²) in [6, 6.07) is 11.3. The molecular formula is C19H15N5O4. The number of aromatic nitrogens is 3. The largest absolute Gasteiger partial charge is 0.497 e. The van der Waals surface area contributed by atoms with Gasteiger partial charge in [-0.05, 0) is 30.3 Å². The van der Waals surface area contributed by atoms with E-state index in [4.69, 9.17) is 14.7 Å². The second-order valence-corrected chi connectivity index (χ2v) is 5.55. The van der Waals surface area contributed by atoms with E-state index < -0.39 is 11.9 Å². The Morgan fingerprint density at radius 2 is 1.96 bits per heavy atom. The number of hydrogen-bond donors (Lipinski definition) is 1. The van der Waals surface area contributed by atoms with E-state index in [-0.39, 0.29) is 16.9 Å². The smallest absolute Gasteiger partial charge is 0.339 e. The fourth-order valence-corrected chi connectivity index (χ4v) is 2.42. The molecule has 0 aliphatic rings. The Morgan fingerprint density at radius 1 is 1.14 bits per heavy atom. The number of nitrogens with zero attached hydrogens (tertiary/aromatic N) is 4. The maximum atomic E-state index is 12.5. The maximum Gasteiger partial charge on any atom is 0.339 e. The van der Waals surface area contributed by atoms with Crippen molar-refractivity contribution in [2.24, 2.45) is 0 Å². The molecule has 0 radical (unpaired) electrons. The van der Waals surface area contributed by atoms with Crippen molar-refractivity contribution < 1.29 is 19.1 Å². The molecule has 140 valence electrons. The Kier molecular flexibility index (Phi) is 5.32. The van der Waals surface area contributed by atoms with Crippen molar-refractivity contribution in [1.82, 2.24) is 14.8 Å². The van der Waals surface area contributed by atoms with Crippen LogP contribution >= 0.6 is 0 Å². The molecule has 9 nitrogen and oxygen atoms in total. The van der Waals surface area contributed by atoms with Crippen LogP contribution in [0.4, 0.5) is 5.69 Å². The lowest BCUT2D eigenvalue weighted by Crippen LogP contribution is -2.17. The summed E-state index contributed by atoms with van der Waals surface area (Å²) >= 11 is 0. The molecule has 1 N–H and O–H groups in total. The molecule has 0 bridgehead atoms. The lowest BCUT2D eigenvalue weighted by molar-refractivity contribution is 0.0602. The standard InChI is InChI=1S/C19H15N5O4/c1-27-13-3-4-14(19(26)28-2)16(9-13)21-18(25)15-5-6-17(23-22-15)24-8-7-12(10-20)11-24/h3-9,11H,1-2H3,(H,21,25). The van der Waals surface area contributed by atoms with E-state index in [1.807, 2.05) is 6.07 Å². The molecule has 0 saturated carbocycles. The minimum Gasteiger partial charge on any atom is -0.497 e. The van der Waals surface area contributed by atoms with Crippen LogP contribution in [-0.2, 0) is 4.74 Å². The number of carbonyl (C=O) groups is 2. The van der Waals surface area contributed by atoms with Crippen molar-refractivity contribution in [1.29, 1.82) is 5.26 Å². The Morgan fingerprint density at radius 3 is 2.57 bits per heavy atom. The van der Waals surface area contributed by atoms with Crippen molar-refractivity contribution in [3.05, 3.63) is 65.6 Å². The van der Waals surface area contributed by atoms with Gasteiger partial charge in [-0.25, -0.2) is 4.79 Å². The van der Waals surface area contributed by atoms with Gasteiger partial charge in [0.2, 0.25) is 0 Å². The molecule has 3 rings (SSSR count). The number of hydrogen-bond acceptors (Lipinski definition) is 7. The van der Waals surface area contributed by atoms with Gasteiger partial charge in [0.1, 0.15) is 11.8 Å². The van der Waals surface area contributed by atoms with Gasteiger partial charge in [0.25, 0.3) is 5.91 Å². The highest BCUT2D eigenvalue weighted by Gasteiger charge is 2.17. The summed E-state index contributed by atoms with van der Waals surface area (Å²) in [5.41, 5.74) is 0.941. The van der Waals surface area contributed by atoms with E-state index in [0.29, 0.717) is 17.1 Å². The van der Waals surface area contributed by atoms with Crippen molar-refractivity contribution in [3.63, 3.8) is 0 Å². The zero-order valence-corrected chi connectivity index (χ0v) is 15.0. The Hall–Kier alpha value is -4.19. The predicted molar refractivity (Wildman–Crippen MR) is 98.4 cm³/mol. The van der Waals surface area contributed by atoms with Gasteiger partial charge < -0.3 is 19.4 Å². The maximum absolute atomic E-state index is 12.5. The molecule has 28 heavy (non-hydrogen) atoms. The molecule has 0 aliphatic carbocycles. The van der Waals surface area contributed by atoms with Crippen molar-refractivity contribution in [2.45, 2.75) is 0 Å². The average molecular weight is 377 g/mol. The SMILES string of the molecule is COC(=O)c1ccc(OC)cc1NC(=O)c1ccc(-n2ccc(C#N)c2)nn1. The number of nitrogens with one attached hydrogen (secondary N) is 1. The molecule has 1 aromatic carbocycles. The highest BCUT2D eigenvalue weighted by Crippen LogP contribution is 2.24. The first-order chi connectivity index (χ1) is 13.5. The van der Waals surface area contributed by atoms with Crippen LogP contribution in [0, 0.1) is 11.3 Å². The molecule has 0 fully saturated rings. The molecule has 0 atom stereocenters. The van der Waals surface area contributed by atoms with Gasteiger partial charge in [0, 0.05) is 18.5 Å². The fraction of sp³-hybridized carbons (Fsp3) is 0.105.